The SMILES string of the molecule is Cc1ccc(C(=O)CCC(=O)Nc2nc3c(s2)CN(C(=O)c2ccccc2)CC3)cc1C. The fraction of sp³-hybridized carbons (Fsp3) is 0.280. The van der Waals surface area contributed by atoms with E-state index in [9.17, 15) is 14.4 Å². The molecular formula is C25H25N3O3S. The van der Waals surface area contributed by atoms with Gasteiger partial charge in [0.1, 0.15) is 0 Å². The fourth-order valence-corrected chi connectivity index (χ4v) is 4.69. The number of nitrogens with zero attached hydrogens (tertiary/aromatic N) is 2. The molecule has 0 spiro atoms. The van der Waals surface area contributed by atoms with Crippen molar-refractivity contribution in [1.29, 1.82) is 0 Å². The van der Waals surface area contributed by atoms with Crippen LogP contribution in [0, 0.1) is 13.8 Å². The second-order valence-electron chi connectivity index (χ2n) is 8.00. The first-order valence-corrected chi connectivity index (χ1v) is 11.5. The summed E-state index contributed by atoms with van der Waals surface area (Å²) in [5, 5.41) is 3.34. The number of benzene rings is 2. The number of Topliss-reactive ketones (excluding diaryl/α,β-unsaturated/α-hetero) is 1. The van der Waals surface area contributed by atoms with Gasteiger partial charge >= 0.3 is 0 Å². The van der Waals surface area contributed by atoms with Crippen molar-refractivity contribution in [1.82, 2.24) is 9.88 Å². The molecule has 0 atom stereocenters. The maximum atomic E-state index is 12.7. The molecule has 0 unspecified atom stereocenters. The Labute approximate surface area is 191 Å². The molecule has 0 radical (unpaired) electrons. The normalized spacial score (nSPS) is 12.9. The van der Waals surface area contributed by atoms with Crippen molar-refractivity contribution in [2.75, 3.05) is 11.9 Å². The average Bonchev–Trinajstić information content (AvgIpc) is 3.20. The molecule has 2 aromatic carbocycles. The highest BCUT2D eigenvalue weighted by Gasteiger charge is 2.25. The van der Waals surface area contributed by atoms with Crippen LogP contribution in [0.25, 0.3) is 0 Å². The highest BCUT2D eigenvalue weighted by atomic mass is 32.1. The zero-order chi connectivity index (χ0) is 22.7. The van der Waals surface area contributed by atoms with E-state index < -0.39 is 0 Å². The number of aromatic nitrogens is 1. The van der Waals surface area contributed by atoms with Gasteiger partial charge in [0.15, 0.2) is 10.9 Å². The third-order valence-corrected chi connectivity index (χ3v) is 6.69. The Balaban J connectivity index is 1.33. The summed E-state index contributed by atoms with van der Waals surface area (Å²) in [6.45, 7) is 5.06. The number of anilines is 1. The van der Waals surface area contributed by atoms with Crippen LogP contribution in [-0.2, 0) is 17.8 Å². The molecule has 1 aliphatic rings. The molecule has 0 fully saturated rings. The number of rotatable bonds is 6. The van der Waals surface area contributed by atoms with Crippen LogP contribution in [-0.4, -0.2) is 34.0 Å². The molecule has 0 saturated carbocycles. The van der Waals surface area contributed by atoms with Crippen molar-refractivity contribution in [2.24, 2.45) is 0 Å². The van der Waals surface area contributed by atoms with Crippen molar-refractivity contribution in [3.05, 3.63) is 81.4 Å². The molecule has 32 heavy (non-hydrogen) atoms. The van der Waals surface area contributed by atoms with Crippen LogP contribution in [0.5, 0.6) is 0 Å². The summed E-state index contributed by atoms with van der Waals surface area (Å²) in [6.07, 6.45) is 0.916. The zero-order valence-corrected chi connectivity index (χ0v) is 19.0. The number of hydrogen-bond donors (Lipinski definition) is 1. The van der Waals surface area contributed by atoms with Gasteiger partial charge in [0.05, 0.1) is 12.2 Å². The number of carbonyl (C=O) groups is 3. The molecule has 3 aromatic rings. The summed E-state index contributed by atoms with van der Waals surface area (Å²) in [4.78, 5) is 44.8. The predicted molar refractivity (Wildman–Crippen MR) is 125 cm³/mol. The van der Waals surface area contributed by atoms with Gasteiger partial charge in [0.25, 0.3) is 5.91 Å². The largest absolute Gasteiger partial charge is 0.333 e. The number of ketones is 1. The van der Waals surface area contributed by atoms with Crippen LogP contribution < -0.4 is 5.32 Å². The minimum absolute atomic E-state index is 0.0000837. The zero-order valence-electron chi connectivity index (χ0n) is 18.2. The Hall–Kier alpha value is -3.32. The third kappa shape index (κ3) is 4.94. The first-order valence-electron chi connectivity index (χ1n) is 10.6. The molecule has 164 valence electrons. The summed E-state index contributed by atoms with van der Waals surface area (Å²) in [7, 11) is 0. The van der Waals surface area contributed by atoms with Gasteiger partial charge in [0, 0.05) is 41.8 Å². The van der Waals surface area contributed by atoms with Crippen LogP contribution in [0.15, 0.2) is 48.5 Å². The summed E-state index contributed by atoms with van der Waals surface area (Å²) in [5.41, 5.74) is 4.43. The highest BCUT2D eigenvalue weighted by molar-refractivity contribution is 7.15. The van der Waals surface area contributed by atoms with E-state index in [0.29, 0.717) is 35.8 Å². The van der Waals surface area contributed by atoms with Gasteiger partial charge in [0.2, 0.25) is 5.91 Å². The summed E-state index contributed by atoms with van der Waals surface area (Å²) in [5.74, 6) is -0.276. The lowest BCUT2D eigenvalue weighted by Gasteiger charge is -2.26. The molecular weight excluding hydrogens is 422 g/mol. The predicted octanol–water partition coefficient (Wildman–Crippen LogP) is 4.56. The number of fused-ring (bicyclic) bond motifs is 1. The summed E-state index contributed by atoms with van der Waals surface area (Å²) in [6, 6.07) is 14.8. The summed E-state index contributed by atoms with van der Waals surface area (Å²) >= 11 is 1.39. The lowest BCUT2D eigenvalue weighted by molar-refractivity contribution is -0.116. The van der Waals surface area contributed by atoms with Crippen molar-refractivity contribution in [3.63, 3.8) is 0 Å². The van der Waals surface area contributed by atoms with Crippen molar-refractivity contribution in [3.8, 4) is 0 Å². The number of aryl methyl sites for hydroxylation is 2. The second-order valence-corrected chi connectivity index (χ2v) is 9.09. The Morgan fingerprint density at radius 2 is 1.78 bits per heavy atom. The highest BCUT2D eigenvalue weighted by Crippen LogP contribution is 2.29. The topological polar surface area (TPSA) is 79.4 Å². The lowest BCUT2D eigenvalue weighted by atomic mass is 10.0. The van der Waals surface area contributed by atoms with Crippen LogP contribution in [0.4, 0.5) is 5.13 Å². The number of amides is 2. The first-order chi connectivity index (χ1) is 15.4. The maximum absolute atomic E-state index is 12.7. The van der Waals surface area contributed by atoms with E-state index in [2.05, 4.69) is 10.3 Å². The van der Waals surface area contributed by atoms with Crippen molar-refractivity contribution in [2.45, 2.75) is 39.7 Å². The van der Waals surface area contributed by atoms with Crippen LogP contribution in [0.1, 0.15) is 55.3 Å². The van der Waals surface area contributed by atoms with E-state index >= 15 is 0 Å². The Morgan fingerprint density at radius 3 is 2.53 bits per heavy atom. The molecule has 6 nitrogen and oxygen atoms in total. The van der Waals surface area contributed by atoms with Gasteiger partial charge in [-0.3, -0.25) is 14.4 Å². The summed E-state index contributed by atoms with van der Waals surface area (Å²) < 4.78 is 0. The van der Waals surface area contributed by atoms with E-state index in [0.717, 1.165) is 21.7 Å². The molecule has 2 amide bonds. The van der Waals surface area contributed by atoms with Gasteiger partial charge < -0.3 is 10.2 Å². The number of hydrogen-bond acceptors (Lipinski definition) is 5. The smallest absolute Gasteiger partial charge is 0.254 e. The fourth-order valence-electron chi connectivity index (χ4n) is 3.65. The van der Waals surface area contributed by atoms with E-state index in [1.165, 1.54) is 11.3 Å². The molecule has 1 aromatic heterocycles. The van der Waals surface area contributed by atoms with E-state index in [1.807, 2.05) is 61.2 Å². The standard InChI is InChI=1S/C25H25N3O3S/c1-16-8-9-19(14-17(16)2)21(29)10-11-23(30)27-25-26-20-12-13-28(15-22(20)32-25)24(31)18-6-4-3-5-7-18/h3-9,14H,10-13,15H2,1-2H3,(H,26,27,30). The van der Waals surface area contributed by atoms with Crippen molar-refractivity contribution < 1.29 is 14.4 Å². The van der Waals surface area contributed by atoms with Gasteiger partial charge in [-0.25, -0.2) is 4.98 Å². The van der Waals surface area contributed by atoms with Gasteiger partial charge in [-0.2, -0.15) is 0 Å². The molecule has 0 saturated heterocycles. The number of carbonyl (C=O) groups excluding carboxylic acids is 3. The van der Waals surface area contributed by atoms with E-state index in [1.54, 1.807) is 6.07 Å². The number of thiazole rings is 1. The average molecular weight is 448 g/mol. The first kappa shape index (κ1) is 21.9. The second kappa shape index (κ2) is 9.44. The third-order valence-electron chi connectivity index (χ3n) is 5.69. The lowest BCUT2D eigenvalue weighted by Crippen LogP contribution is -2.35. The molecule has 1 N–H and O–H groups in total. The van der Waals surface area contributed by atoms with Gasteiger partial charge in [-0.05, 0) is 43.2 Å². The van der Waals surface area contributed by atoms with Gasteiger partial charge in [-0.15, -0.1) is 0 Å². The Bertz CT molecular complexity index is 1170. The Kier molecular flexibility index (Phi) is 6.46. The van der Waals surface area contributed by atoms with Gasteiger partial charge in [-0.1, -0.05) is 41.7 Å². The molecule has 2 heterocycles. The monoisotopic (exact) mass is 447 g/mol. The van der Waals surface area contributed by atoms with E-state index in [4.69, 9.17) is 0 Å². The quantitative estimate of drug-likeness (QED) is 0.562. The molecule has 1 aliphatic heterocycles. The van der Waals surface area contributed by atoms with Crippen molar-refractivity contribution >= 4 is 34.1 Å². The van der Waals surface area contributed by atoms with E-state index in [-0.39, 0.29) is 30.4 Å². The van der Waals surface area contributed by atoms with Crippen LogP contribution in [0.2, 0.25) is 0 Å². The molecule has 0 aliphatic carbocycles. The molecule has 7 heteroatoms. The number of nitrogens with one attached hydrogen (secondary N) is 1. The minimum atomic E-state index is -0.231. The molecule has 4 rings (SSSR count). The Morgan fingerprint density at radius 1 is 1.00 bits per heavy atom. The van der Waals surface area contributed by atoms with Crippen LogP contribution >= 0.6 is 11.3 Å². The minimum Gasteiger partial charge on any atom is -0.333 e. The maximum Gasteiger partial charge on any atom is 0.254 e. The van der Waals surface area contributed by atoms with Crippen LogP contribution in [0.3, 0.4) is 0 Å². The molecule has 0 bridgehead atoms.